The average Bonchev–Trinajstić information content (AvgIpc) is 2.62. The minimum Gasteiger partial charge on any atom is -0.342 e. The maximum absolute atomic E-state index is 12.7. The van der Waals surface area contributed by atoms with E-state index >= 15 is 0 Å². The van der Waals surface area contributed by atoms with Crippen LogP contribution < -0.4 is 4.90 Å². The molecule has 0 spiro atoms. The summed E-state index contributed by atoms with van der Waals surface area (Å²) in [6.45, 7) is 7.59. The molecule has 0 aliphatic carbocycles. The van der Waals surface area contributed by atoms with E-state index in [1.165, 1.54) is 23.3 Å². The number of quaternary nitrogens is 1. The van der Waals surface area contributed by atoms with Crippen molar-refractivity contribution < 1.29 is 9.69 Å². The van der Waals surface area contributed by atoms with Crippen LogP contribution in [0.5, 0.6) is 0 Å². The van der Waals surface area contributed by atoms with Gasteiger partial charge in [-0.1, -0.05) is 19.1 Å². The number of piperidine rings is 2. The maximum Gasteiger partial charge on any atom is 0.226 e. The van der Waals surface area contributed by atoms with E-state index < -0.39 is 0 Å². The number of hydrogen-bond donors (Lipinski definition) is 1. The van der Waals surface area contributed by atoms with Crippen molar-refractivity contribution in [2.24, 2.45) is 11.8 Å². The average molecular weight is 348 g/mol. The molecule has 0 aromatic heterocycles. The molecule has 2 aliphatic heterocycles. The molecule has 2 aliphatic rings. The number of nitrogens with one attached hydrogen (secondary N) is 1. The number of nitrogens with zero attached hydrogens (tertiary/aromatic N) is 1. The fraction of sp³-hybridized carbons (Fsp3) is 0.650. The molecule has 1 amide bonds. The third-order valence-corrected chi connectivity index (χ3v) is 6.37. The van der Waals surface area contributed by atoms with Gasteiger partial charge in [-0.2, -0.15) is 0 Å². The summed E-state index contributed by atoms with van der Waals surface area (Å²) in [5, 5.41) is 0. The lowest BCUT2D eigenvalue weighted by Gasteiger charge is -2.36. The molecular formula is C20H31N2OS+. The smallest absolute Gasteiger partial charge is 0.226 e. The highest BCUT2D eigenvalue weighted by Crippen LogP contribution is 2.21. The molecule has 132 valence electrons. The van der Waals surface area contributed by atoms with Crippen LogP contribution in [0.2, 0.25) is 0 Å². The Bertz CT molecular complexity index is 537. The van der Waals surface area contributed by atoms with Crippen LogP contribution in [0.1, 0.15) is 38.2 Å². The summed E-state index contributed by atoms with van der Waals surface area (Å²) in [5.41, 5.74) is 1.41. The molecule has 2 fully saturated rings. The highest BCUT2D eigenvalue weighted by atomic mass is 32.2. The quantitative estimate of drug-likeness (QED) is 0.847. The van der Waals surface area contributed by atoms with E-state index in [1.54, 1.807) is 16.7 Å². The Balaban J connectivity index is 1.47. The molecule has 24 heavy (non-hydrogen) atoms. The van der Waals surface area contributed by atoms with Crippen LogP contribution >= 0.6 is 11.8 Å². The van der Waals surface area contributed by atoms with E-state index in [1.807, 2.05) is 0 Å². The van der Waals surface area contributed by atoms with Gasteiger partial charge in [-0.15, -0.1) is 11.8 Å². The van der Waals surface area contributed by atoms with E-state index in [0.29, 0.717) is 11.8 Å². The first kappa shape index (κ1) is 17.8. The Hall–Kier alpha value is -1.00. The Morgan fingerprint density at radius 1 is 1.21 bits per heavy atom. The van der Waals surface area contributed by atoms with Crippen LogP contribution in [0.15, 0.2) is 29.2 Å². The number of benzene rings is 1. The van der Waals surface area contributed by atoms with Gasteiger partial charge in [0.2, 0.25) is 5.91 Å². The highest BCUT2D eigenvalue weighted by molar-refractivity contribution is 7.98. The molecule has 0 bridgehead atoms. The first-order valence-corrected chi connectivity index (χ1v) is 10.6. The number of carbonyl (C=O) groups excluding carboxylic acids is 1. The normalized spacial score (nSPS) is 27.9. The first-order chi connectivity index (χ1) is 11.7. The standard InChI is InChI=1S/C20H30N2OS/c1-16-4-3-11-22(14-16)20(23)18-9-12-21(13-10-18)15-17-5-7-19(24-2)8-6-17/h5-8,16,18H,3-4,9-15H2,1-2H3/p+1/t16-/m0/s1. The molecule has 0 radical (unpaired) electrons. The summed E-state index contributed by atoms with van der Waals surface area (Å²) in [6.07, 6.45) is 6.69. The molecule has 4 heteroatoms. The fourth-order valence-corrected chi connectivity index (χ4v) is 4.54. The summed E-state index contributed by atoms with van der Waals surface area (Å²) in [6, 6.07) is 8.94. The molecular weight excluding hydrogens is 316 g/mol. The molecule has 0 unspecified atom stereocenters. The molecule has 0 saturated carbocycles. The Labute approximate surface area is 150 Å². The van der Waals surface area contributed by atoms with Crippen molar-refractivity contribution in [1.29, 1.82) is 0 Å². The van der Waals surface area contributed by atoms with Crippen LogP contribution in [0.25, 0.3) is 0 Å². The third-order valence-electron chi connectivity index (χ3n) is 5.62. The van der Waals surface area contributed by atoms with Gasteiger partial charge in [0.05, 0.1) is 13.1 Å². The molecule has 1 aromatic carbocycles. The zero-order chi connectivity index (χ0) is 16.9. The Kier molecular flexibility index (Phi) is 6.23. The topological polar surface area (TPSA) is 24.8 Å². The van der Waals surface area contributed by atoms with Crippen molar-refractivity contribution in [2.75, 3.05) is 32.4 Å². The summed E-state index contributed by atoms with van der Waals surface area (Å²) in [4.78, 5) is 17.8. The van der Waals surface area contributed by atoms with Crippen LogP contribution in [-0.4, -0.2) is 43.2 Å². The zero-order valence-corrected chi connectivity index (χ0v) is 15.9. The fourth-order valence-electron chi connectivity index (χ4n) is 4.13. The monoisotopic (exact) mass is 347 g/mol. The lowest BCUT2D eigenvalue weighted by molar-refractivity contribution is -0.919. The van der Waals surface area contributed by atoms with Crippen LogP contribution in [0.3, 0.4) is 0 Å². The van der Waals surface area contributed by atoms with E-state index in [0.717, 1.165) is 45.6 Å². The van der Waals surface area contributed by atoms with Crippen molar-refractivity contribution in [3.8, 4) is 0 Å². The lowest BCUT2D eigenvalue weighted by Crippen LogP contribution is -3.11. The summed E-state index contributed by atoms with van der Waals surface area (Å²) < 4.78 is 0. The molecule has 1 N–H and O–H groups in total. The minimum absolute atomic E-state index is 0.276. The molecule has 2 saturated heterocycles. The Morgan fingerprint density at radius 2 is 1.92 bits per heavy atom. The van der Waals surface area contributed by atoms with Gasteiger partial charge < -0.3 is 9.80 Å². The van der Waals surface area contributed by atoms with Crippen LogP contribution in [0, 0.1) is 11.8 Å². The van der Waals surface area contributed by atoms with E-state index in [2.05, 4.69) is 42.3 Å². The molecule has 3 rings (SSSR count). The minimum atomic E-state index is 0.276. The van der Waals surface area contributed by atoms with Gasteiger partial charge in [-0.05, 0) is 37.1 Å². The SMILES string of the molecule is CSc1ccc(C[NH+]2CCC(C(=O)N3CCC[C@H](C)C3)CC2)cc1. The van der Waals surface area contributed by atoms with E-state index in [9.17, 15) is 4.79 Å². The molecule has 1 aromatic rings. The molecule has 1 atom stereocenters. The second-order valence-electron chi connectivity index (χ2n) is 7.58. The summed E-state index contributed by atoms with van der Waals surface area (Å²) >= 11 is 1.79. The zero-order valence-electron chi connectivity index (χ0n) is 15.1. The number of carbonyl (C=O) groups is 1. The van der Waals surface area contributed by atoms with Crippen molar-refractivity contribution in [3.63, 3.8) is 0 Å². The van der Waals surface area contributed by atoms with E-state index in [-0.39, 0.29) is 5.92 Å². The number of hydrogen-bond acceptors (Lipinski definition) is 2. The van der Waals surface area contributed by atoms with Crippen LogP contribution in [0.4, 0.5) is 0 Å². The van der Waals surface area contributed by atoms with E-state index in [4.69, 9.17) is 0 Å². The number of likely N-dealkylation sites (tertiary alicyclic amines) is 2. The van der Waals surface area contributed by atoms with Gasteiger partial charge in [0.25, 0.3) is 0 Å². The summed E-state index contributed by atoms with van der Waals surface area (Å²) in [7, 11) is 0. The van der Waals surface area contributed by atoms with Gasteiger partial charge in [-0.3, -0.25) is 4.79 Å². The van der Waals surface area contributed by atoms with Gasteiger partial charge in [-0.25, -0.2) is 0 Å². The lowest BCUT2D eigenvalue weighted by atomic mass is 9.92. The molecule has 3 nitrogen and oxygen atoms in total. The highest BCUT2D eigenvalue weighted by Gasteiger charge is 2.32. The first-order valence-electron chi connectivity index (χ1n) is 9.41. The van der Waals surface area contributed by atoms with Crippen molar-refractivity contribution in [2.45, 2.75) is 44.0 Å². The molecule has 2 heterocycles. The number of thioether (sulfide) groups is 1. The van der Waals surface area contributed by atoms with Crippen molar-refractivity contribution in [3.05, 3.63) is 29.8 Å². The Morgan fingerprint density at radius 3 is 2.54 bits per heavy atom. The van der Waals surface area contributed by atoms with Gasteiger partial charge in [0.1, 0.15) is 6.54 Å². The predicted molar refractivity (Wildman–Crippen MR) is 100 cm³/mol. The van der Waals surface area contributed by atoms with Gasteiger partial charge >= 0.3 is 0 Å². The number of amides is 1. The van der Waals surface area contributed by atoms with Crippen molar-refractivity contribution >= 4 is 17.7 Å². The predicted octanol–water partition coefficient (Wildman–Crippen LogP) is 2.46. The van der Waals surface area contributed by atoms with Crippen molar-refractivity contribution in [1.82, 2.24) is 4.90 Å². The largest absolute Gasteiger partial charge is 0.342 e. The van der Waals surface area contributed by atoms with Gasteiger partial charge in [0.15, 0.2) is 0 Å². The second-order valence-corrected chi connectivity index (χ2v) is 8.46. The maximum atomic E-state index is 12.7. The van der Waals surface area contributed by atoms with Crippen LogP contribution in [-0.2, 0) is 11.3 Å². The van der Waals surface area contributed by atoms with Gasteiger partial charge in [0, 0.05) is 42.3 Å². The third kappa shape index (κ3) is 4.54. The number of rotatable bonds is 4. The second kappa shape index (κ2) is 8.39. The summed E-state index contributed by atoms with van der Waals surface area (Å²) in [5.74, 6) is 1.39.